The molecule has 0 aromatic heterocycles. The lowest BCUT2D eigenvalue weighted by atomic mass is 10.2. The monoisotopic (exact) mass is 321 g/mol. The molecule has 0 bridgehead atoms. The van der Waals surface area contributed by atoms with Gasteiger partial charge in [0, 0.05) is 20.0 Å². The molecule has 23 heavy (non-hydrogen) atoms. The molecule has 1 aliphatic heterocycles. The zero-order valence-corrected chi connectivity index (χ0v) is 12.8. The van der Waals surface area contributed by atoms with Crippen LogP contribution in [0.25, 0.3) is 0 Å². The van der Waals surface area contributed by atoms with Crippen molar-refractivity contribution in [1.82, 2.24) is 16.0 Å². The Morgan fingerprint density at radius 1 is 1.04 bits per heavy atom. The summed E-state index contributed by atoms with van der Waals surface area (Å²) in [5, 5.41) is 7.40. The van der Waals surface area contributed by atoms with Crippen LogP contribution in [0.4, 0.5) is 0 Å². The number of carbonyl (C=O) groups is 3. The lowest BCUT2D eigenvalue weighted by molar-refractivity contribution is -0.139. The van der Waals surface area contributed by atoms with Crippen LogP contribution in [-0.4, -0.2) is 50.1 Å². The number of hydrogen-bond acceptors (Lipinski definition) is 5. The minimum atomic E-state index is -0.757. The third kappa shape index (κ3) is 5.17. The molecule has 0 saturated heterocycles. The predicted molar refractivity (Wildman–Crippen MR) is 81.1 cm³/mol. The van der Waals surface area contributed by atoms with Crippen molar-refractivity contribution >= 4 is 17.7 Å². The van der Waals surface area contributed by atoms with Gasteiger partial charge in [-0.05, 0) is 12.1 Å². The first kappa shape index (κ1) is 16.6. The second-order valence-corrected chi connectivity index (χ2v) is 4.95. The van der Waals surface area contributed by atoms with Gasteiger partial charge in [-0.1, -0.05) is 12.1 Å². The minimum absolute atomic E-state index is 0.159. The molecule has 1 aromatic rings. The summed E-state index contributed by atoms with van der Waals surface area (Å²) in [7, 11) is 0. The molecule has 124 valence electrons. The second-order valence-electron chi connectivity index (χ2n) is 4.95. The Kier molecular flexibility index (Phi) is 5.79. The van der Waals surface area contributed by atoms with Gasteiger partial charge in [-0.15, -0.1) is 0 Å². The SMILES string of the molecule is CC(=O)NCCNC(=O)C(=O)NCC1COc2ccccc2O1. The van der Waals surface area contributed by atoms with Crippen molar-refractivity contribution < 1.29 is 23.9 Å². The van der Waals surface area contributed by atoms with Gasteiger partial charge in [0.2, 0.25) is 5.91 Å². The second kappa shape index (κ2) is 8.02. The van der Waals surface area contributed by atoms with Crippen molar-refractivity contribution in [3.63, 3.8) is 0 Å². The van der Waals surface area contributed by atoms with Crippen LogP contribution in [0.5, 0.6) is 11.5 Å². The van der Waals surface area contributed by atoms with Crippen molar-refractivity contribution in [2.45, 2.75) is 13.0 Å². The molecule has 1 aromatic carbocycles. The maximum atomic E-state index is 11.7. The van der Waals surface area contributed by atoms with Gasteiger partial charge >= 0.3 is 11.8 Å². The highest BCUT2D eigenvalue weighted by atomic mass is 16.6. The fraction of sp³-hybridized carbons (Fsp3) is 0.400. The topological polar surface area (TPSA) is 106 Å². The summed E-state index contributed by atoms with van der Waals surface area (Å²) in [5.74, 6) is -0.440. The van der Waals surface area contributed by atoms with E-state index in [9.17, 15) is 14.4 Å². The van der Waals surface area contributed by atoms with E-state index in [1.54, 1.807) is 12.1 Å². The van der Waals surface area contributed by atoms with Crippen LogP contribution in [-0.2, 0) is 14.4 Å². The van der Waals surface area contributed by atoms with Gasteiger partial charge in [0.05, 0.1) is 6.54 Å². The molecule has 8 heteroatoms. The predicted octanol–water partition coefficient (Wildman–Crippen LogP) is -0.805. The highest BCUT2D eigenvalue weighted by Crippen LogP contribution is 2.30. The highest BCUT2D eigenvalue weighted by Gasteiger charge is 2.22. The van der Waals surface area contributed by atoms with Gasteiger partial charge in [0.15, 0.2) is 11.5 Å². The number of nitrogens with one attached hydrogen (secondary N) is 3. The molecule has 8 nitrogen and oxygen atoms in total. The van der Waals surface area contributed by atoms with Crippen LogP contribution in [0, 0.1) is 0 Å². The Morgan fingerprint density at radius 2 is 1.70 bits per heavy atom. The molecule has 0 fully saturated rings. The summed E-state index contributed by atoms with van der Waals surface area (Å²) >= 11 is 0. The van der Waals surface area contributed by atoms with Gasteiger partial charge in [0.1, 0.15) is 12.7 Å². The third-order valence-electron chi connectivity index (χ3n) is 3.05. The van der Waals surface area contributed by atoms with Crippen LogP contribution in [0.2, 0.25) is 0 Å². The number of rotatable bonds is 5. The van der Waals surface area contributed by atoms with Crippen LogP contribution < -0.4 is 25.4 Å². The summed E-state index contributed by atoms with van der Waals surface area (Å²) in [6.45, 7) is 2.28. The summed E-state index contributed by atoms with van der Waals surface area (Å²) in [5.41, 5.74) is 0. The number of benzene rings is 1. The summed E-state index contributed by atoms with van der Waals surface area (Å²) in [4.78, 5) is 33.9. The molecular formula is C15H19N3O5. The molecule has 3 amide bonds. The molecule has 1 aliphatic rings. The number of hydrogen-bond donors (Lipinski definition) is 3. The van der Waals surface area contributed by atoms with Gasteiger partial charge < -0.3 is 25.4 Å². The fourth-order valence-electron chi connectivity index (χ4n) is 1.95. The maximum Gasteiger partial charge on any atom is 0.309 e. The molecule has 3 N–H and O–H groups in total. The molecule has 0 radical (unpaired) electrons. The van der Waals surface area contributed by atoms with Gasteiger partial charge in [-0.25, -0.2) is 0 Å². The zero-order valence-electron chi connectivity index (χ0n) is 12.8. The zero-order chi connectivity index (χ0) is 16.7. The number of para-hydroxylation sites is 2. The standard InChI is InChI=1S/C15H19N3O5/c1-10(19)16-6-7-17-14(20)15(21)18-8-11-9-22-12-4-2-3-5-13(12)23-11/h2-5,11H,6-9H2,1H3,(H,16,19)(H,17,20)(H,18,21). The van der Waals surface area contributed by atoms with Crippen molar-refractivity contribution in [3.05, 3.63) is 24.3 Å². The van der Waals surface area contributed by atoms with Crippen molar-refractivity contribution in [2.24, 2.45) is 0 Å². The average molecular weight is 321 g/mol. The van der Waals surface area contributed by atoms with Crippen molar-refractivity contribution in [1.29, 1.82) is 0 Å². The molecular weight excluding hydrogens is 302 g/mol. The van der Waals surface area contributed by atoms with Crippen LogP contribution in [0.15, 0.2) is 24.3 Å². The van der Waals surface area contributed by atoms with E-state index in [1.165, 1.54) is 6.92 Å². The molecule has 1 heterocycles. The smallest absolute Gasteiger partial charge is 0.309 e. The van der Waals surface area contributed by atoms with Crippen molar-refractivity contribution in [2.75, 3.05) is 26.2 Å². The molecule has 0 saturated carbocycles. The first-order valence-corrected chi connectivity index (χ1v) is 7.25. The van der Waals surface area contributed by atoms with Crippen molar-refractivity contribution in [3.8, 4) is 11.5 Å². The van der Waals surface area contributed by atoms with Gasteiger partial charge in [-0.3, -0.25) is 14.4 Å². The quantitative estimate of drug-likeness (QED) is 0.486. The fourth-order valence-corrected chi connectivity index (χ4v) is 1.95. The first-order chi connectivity index (χ1) is 11.1. The number of ether oxygens (including phenoxy) is 2. The van der Waals surface area contributed by atoms with E-state index in [0.717, 1.165) is 0 Å². The van der Waals surface area contributed by atoms with E-state index in [0.29, 0.717) is 18.1 Å². The van der Waals surface area contributed by atoms with Crippen LogP contribution in [0.1, 0.15) is 6.92 Å². The first-order valence-electron chi connectivity index (χ1n) is 7.25. The Morgan fingerprint density at radius 3 is 2.43 bits per heavy atom. The lowest BCUT2D eigenvalue weighted by Gasteiger charge is -2.26. The maximum absolute atomic E-state index is 11.7. The largest absolute Gasteiger partial charge is 0.486 e. The number of fused-ring (bicyclic) bond motifs is 1. The van der Waals surface area contributed by atoms with E-state index in [1.807, 2.05) is 12.1 Å². The minimum Gasteiger partial charge on any atom is -0.486 e. The van der Waals surface area contributed by atoms with Crippen LogP contribution in [0.3, 0.4) is 0 Å². The summed E-state index contributed by atoms with van der Waals surface area (Å²) in [6.07, 6.45) is -0.360. The Hall–Kier alpha value is -2.77. The Bertz CT molecular complexity index is 590. The molecule has 1 atom stereocenters. The van der Waals surface area contributed by atoms with E-state index >= 15 is 0 Å². The molecule has 1 unspecified atom stereocenters. The normalized spacial score (nSPS) is 15.4. The van der Waals surface area contributed by atoms with Gasteiger partial charge in [0.25, 0.3) is 0 Å². The number of amides is 3. The average Bonchev–Trinajstić information content (AvgIpc) is 2.56. The highest BCUT2D eigenvalue weighted by molar-refractivity contribution is 6.35. The third-order valence-corrected chi connectivity index (χ3v) is 3.05. The summed E-state index contributed by atoms with van der Waals surface area (Å²) in [6, 6.07) is 7.24. The van der Waals surface area contributed by atoms with E-state index < -0.39 is 11.8 Å². The van der Waals surface area contributed by atoms with Crippen LogP contribution >= 0.6 is 0 Å². The molecule has 2 rings (SSSR count). The van der Waals surface area contributed by atoms with E-state index in [4.69, 9.17) is 9.47 Å². The lowest BCUT2D eigenvalue weighted by Crippen LogP contribution is -2.47. The van der Waals surface area contributed by atoms with Gasteiger partial charge in [-0.2, -0.15) is 0 Å². The number of carbonyl (C=O) groups excluding carboxylic acids is 3. The molecule has 0 aliphatic carbocycles. The Balaban J connectivity index is 1.68. The van der Waals surface area contributed by atoms with E-state index in [-0.39, 0.29) is 31.6 Å². The van der Waals surface area contributed by atoms with E-state index in [2.05, 4.69) is 16.0 Å². The Labute approximate surface area is 133 Å². The molecule has 0 spiro atoms. The summed E-state index contributed by atoms with van der Waals surface area (Å²) < 4.78 is 11.2.